The van der Waals surface area contributed by atoms with Crippen LogP contribution in [0.5, 0.6) is 0 Å². The van der Waals surface area contributed by atoms with Crippen LogP contribution in [0, 0.1) is 5.82 Å². The number of nitrogens with zero attached hydrogens (tertiary/aromatic N) is 1. The third-order valence-corrected chi connectivity index (χ3v) is 5.47. The fourth-order valence-electron chi connectivity index (χ4n) is 3.03. The Bertz CT molecular complexity index is 729. The summed E-state index contributed by atoms with van der Waals surface area (Å²) in [5.74, 6) is -0.803. The molecule has 1 aromatic rings. The van der Waals surface area contributed by atoms with Gasteiger partial charge in [0.1, 0.15) is 11.9 Å². The van der Waals surface area contributed by atoms with E-state index in [-0.39, 0.29) is 11.6 Å². The smallest absolute Gasteiger partial charge is 0.244 e. The highest BCUT2D eigenvalue weighted by atomic mass is 32.2. The number of halogens is 1. The summed E-state index contributed by atoms with van der Waals surface area (Å²) < 4.78 is 38.8. The minimum absolute atomic E-state index is 0.280. The van der Waals surface area contributed by atoms with Gasteiger partial charge in [-0.15, -0.1) is 0 Å². The maximum absolute atomic E-state index is 13.2. The number of hydrogen-bond acceptors (Lipinski definition) is 3. The zero-order chi connectivity index (χ0) is 18.4. The van der Waals surface area contributed by atoms with Crippen LogP contribution in [0.1, 0.15) is 39.0 Å². The highest BCUT2D eigenvalue weighted by Gasteiger charge is 2.31. The first-order valence-electron chi connectivity index (χ1n) is 8.53. The molecule has 0 aliphatic heterocycles. The summed E-state index contributed by atoms with van der Waals surface area (Å²) in [6.45, 7) is 2.20. The van der Waals surface area contributed by atoms with Gasteiger partial charge in [0.15, 0.2) is 0 Å². The number of amides is 1. The molecule has 0 heterocycles. The molecule has 0 aromatic heterocycles. The Hall–Kier alpha value is -1.89. The van der Waals surface area contributed by atoms with E-state index in [1.165, 1.54) is 36.3 Å². The fraction of sp³-hybridized carbons (Fsp3) is 0.500. The summed E-state index contributed by atoms with van der Waals surface area (Å²) in [5, 5.41) is 2.85. The number of hydrogen-bond donors (Lipinski definition) is 1. The number of carbonyl (C=O) groups is 1. The van der Waals surface area contributed by atoms with E-state index in [0.717, 1.165) is 29.8 Å². The van der Waals surface area contributed by atoms with E-state index in [2.05, 4.69) is 11.4 Å². The molecule has 0 saturated heterocycles. The van der Waals surface area contributed by atoms with Gasteiger partial charge in [0.05, 0.1) is 11.9 Å². The molecular formula is C18H25FN2O3S. The number of nitrogens with one attached hydrogen (secondary N) is 1. The molecule has 138 valence electrons. The number of allylic oxidation sites excluding steroid dienone is 1. The predicted molar refractivity (Wildman–Crippen MR) is 97.4 cm³/mol. The van der Waals surface area contributed by atoms with Crippen LogP contribution < -0.4 is 9.62 Å². The van der Waals surface area contributed by atoms with Gasteiger partial charge in [-0.1, -0.05) is 18.6 Å². The van der Waals surface area contributed by atoms with Crippen molar-refractivity contribution in [3.05, 3.63) is 41.7 Å². The lowest BCUT2D eigenvalue weighted by molar-refractivity contribution is -0.122. The van der Waals surface area contributed by atoms with E-state index < -0.39 is 21.9 Å². The van der Waals surface area contributed by atoms with E-state index in [4.69, 9.17) is 0 Å². The number of sulfonamides is 1. The van der Waals surface area contributed by atoms with Gasteiger partial charge in [-0.25, -0.2) is 12.8 Å². The lowest BCUT2D eigenvalue weighted by atomic mass is 9.99. The molecule has 1 unspecified atom stereocenters. The summed E-state index contributed by atoms with van der Waals surface area (Å²) in [6, 6.07) is 4.24. The van der Waals surface area contributed by atoms with Crippen molar-refractivity contribution < 1.29 is 17.6 Å². The molecule has 25 heavy (non-hydrogen) atoms. The van der Waals surface area contributed by atoms with Crippen LogP contribution in [0.2, 0.25) is 0 Å². The monoisotopic (exact) mass is 368 g/mol. The zero-order valence-electron chi connectivity index (χ0n) is 14.7. The molecule has 0 bridgehead atoms. The van der Waals surface area contributed by atoms with Gasteiger partial charge in [0.25, 0.3) is 0 Å². The quantitative estimate of drug-likeness (QED) is 0.753. The zero-order valence-corrected chi connectivity index (χ0v) is 15.5. The van der Waals surface area contributed by atoms with E-state index in [0.29, 0.717) is 13.0 Å². The van der Waals surface area contributed by atoms with Gasteiger partial charge in [-0.05, 0) is 56.4 Å². The second kappa shape index (κ2) is 8.47. The molecule has 0 spiro atoms. The third kappa shape index (κ3) is 5.29. The van der Waals surface area contributed by atoms with E-state index in [1.807, 2.05) is 0 Å². The van der Waals surface area contributed by atoms with E-state index >= 15 is 0 Å². The predicted octanol–water partition coefficient (Wildman–Crippen LogP) is 2.99. The second-order valence-corrected chi connectivity index (χ2v) is 8.14. The topological polar surface area (TPSA) is 66.5 Å². The second-order valence-electron chi connectivity index (χ2n) is 6.29. The molecule has 1 atom stereocenters. The van der Waals surface area contributed by atoms with Crippen LogP contribution >= 0.6 is 0 Å². The van der Waals surface area contributed by atoms with E-state index in [1.54, 1.807) is 6.92 Å². The van der Waals surface area contributed by atoms with Crippen LogP contribution in [0.25, 0.3) is 0 Å². The van der Waals surface area contributed by atoms with Crippen molar-refractivity contribution in [1.82, 2.24) is 5.32 Å². The molecule has 1 N–H and O–H groups in total. The molecule has 5 nitrogen and oxygen atoms in total. The standard InChI is InChI=1S/C18H25FN2O3S/c1-3-17(18(22)20-13-14-7-5-4-6-8-14)21(25(2,23)24)16-11-9-15(19)10-12-16/h7,9-12,17H,3-6,8,13H2,1-2H3,(H,20,22). The van der Waals surface area contributed by atoms with Crippen molar-refractivity contribution in [1.29, 1.82) is 0 Å². The number of carbonyl (C=O) groups excluding carboxylic acids is 1. The fourth-order valence-corrected chi connectivity index (χ4v) is 4.24. The van der Waals surface area contributed by atoms with E-state index in [9.17, 15) is 17.6 Å². The van der Waals surface area contributed by atoms with Gasteiger partial charge >= 0.3 is 0 Å². The van der Waals surface area contributed by atoms with Gasteiger partial charge < -0.3 is 5.32 Å². The van der Waals surface area contributed by atoms with Gasteiger partial charge in [0.2, 0.25) is 15.9 Å². The van der Waals surface area contributed by atoms with Crippen LogP contribution in [0.4, 0.5) is 10.1 Å². The molecule has 0 radical (unpaired) electrons. The molecule has 1 amide bonds. The SMILES string of the molecule is CCC(C(=O)NCC1=CCCCC1)N(c1ccc(F)cc1)S(C)(=O)=O. The average Bonchev–Trinajstić information content (AvgIpc) is 2.58. The van der Waals surface area contributed by atoms with Crippen molar-refractivity contribution in [3.63, 3.8) is 0 Å². The molecule has 0 fully saturated rings. The highest BCUT2D eigenvalue weighted by molar-refractivity contribution is 7.92. The molecule has 1 aromatic carbocycles. The van der Waals surface area contributed by atoms with Gasteiger partial charge in [-0.2, -0.15) is 0 Å². The third-order valence-electron chi connectivity index (χ3n) is 4.29. The van der Waals surface area contributed by atoms with Gasteiger partial charge in [0, 0.05) is 6.54 Å². The molecule has 0 saturated carbocycles. The lowest BCUT2D eigenvalue weighted by Gasteiger charge is -2.30. The summed E-state index contributed by atoms with van der Waals surface area (Å²) in [7, 11) is -3.69. The average molecular weight is 368 g/mol. The summed E-state index contributed by atoms with van der Waals surface area (Å²) in [5.41, 5.74) is 1.46. The molecule has 1 aliphatic carbocycles. The molecule has 1 aliphatic rings. The highest BCUT2D eigenvalue weighted by Crippen LogP contribution is 2.23. The van der Waals surface area contributed by atoms with Crippen molar-refractivity contribution in [2.45, 2.75) is 45.1 Å². The van der Waals surface area contributed by atoms with Crippen molar-refractivity contribution in [2.24, 2.45) is 0 Å². The Morgan fingerprint density at radius 3 is 2.48 bits per heavy atom. The minimum atomic E-state index is -3.69. The largest absolute Gasteiger partial charge is 0.351 e. The number of rotatable bonds is 7. The van der Waals surface area contributed by atoms with Crippen LogP contribution in [0.3, 0.4) is 0 Å². The first kappa shape index (κ1) is 19.4. The van der Waals surface area contributed by atoms with Crippen molar-refractivity contribution in [3.8, 4) is 0 Å². The first-order chi connectivity index (χ1) is 11.8. The Morgan fingerprint density at radius 1 is 1.28 bits per heavy atom. The lowest BCUT2D eigenvalue weighted by Crippen LogP contribution is -2.49. The molecule has 2 rings (SSSR count). The molecule has 7 heteroatoms. The van der Waals surface area contributed by atoms with Crippen LogP contribution in [-0.2, 0) is 14.8 Å². The van der Waals surface area contributed by atoms with Crippen LogP contribution in [0.15, 0.2) is 35.9 Å². The minimum Gasteiger partial charge on any atom is -0.351 e. The summed E-state index contributed by atoms with van der Waals surface area (Å²) in [6.07, 6.45) is 7.77. The summed E-state index contributed by atoms with van der Waals surface area (Å²) in [4.78, 5) is 12.6. The van der Waals surface area contributed by atoms with Gasteiger partial charge in [-0.3, -0.25) is 9.10 Å². The van der Waals surface area contributed by atoms with Crippen LogP contribution in [-0.4, -0.2) is 33.2 Å². The first-order valence-corrected chi connectivity index (χ1v) is 10.4. The van der Waals surface area contributed by atoms with Crippen molar-refractivity contribution in [2.75, 3.05) is 17.1 Å². The Morgan fingerprint density at radius 2 is 1.96 bits per heavy atom. The summed E-state index contributed by atoms with van der Waals surface area (Å²) >= 11 is 0. The Labute approximate surface area is 149 Å². The Balaban J connectivity index is 2.19. The number of benzene rings is 1. The molecular weight excluding hydrogens is 343 g/mol. The number of anilines is 1. The maximum atomic E-state index is 13.2. The van der Waals surface area contributed by atoms with Crippen molar-refractivity contribution >= 4 is 21.6 Å². The maximum Gasteiger partial charge on any atom is 0.244 e. The normalized spacial score (nSPS) is 16.0. The Kier molecular flexibility index (Phi) is 6.58.